The first kappa shape index (κ1) is 21.6. The fraction of sp³-hybridized carbons (Fsp3) is 0.519. The molecule has 1 atom stereocenters. The van der Waals surface area contributed by atoms with Crippen LogP contribution in [0.2, 0.25) is 0 Å². The van der Waals surface area contributed by atoms with Crippen LogP contribution in [0.25, 0.3) is 0 Å². The summed E-state index contributed by atoms with van der Waals surface area (Å²) < 4.78 is 0. The normalized spacial score (nSPS) is 17.3. The minimum absolute atomic E-state index is 0.465. The van der Waals surface area contributed by atoms with Gasteiger partial charge in [0.1, 0.15) is 0 Å². The third-order valence-corrected chi connectivity index (χ3v) is 6.16. The van der Waals surface area contributed by atoms with Crippen molar-refractivity contribution in [2.45, 2.75) is 64.2 Å². The predicted molar refractivity (Wildman–Crippen MR) is 126 cm³/mol. The van der Waals surface area contributed by atoms with Crippen LogP contribution in [-0.2, 0) is 0 Å². The van der Waals surface area contributed by atoms with Crippen LogP contribution in [0.1, 0.15) is 75.3 Å². The summed E-state index contributed by atoms with van der Waals surface area (Å²) in [4.78, 5) is 7.22. The number of nitrogens with zero attached hydrogens (tertiary/aromatic N) is 2. The Bertz CT molecular complexity index is 655. The summed E-state index contributed by atoms with van der Waals surface area (Å²) >= 11 is 0. The van der Waals surface area contributed by atoms with Gasteiger partial charge in [0.25, 0.3) is 0 Å². The summed E-state index contributed by atoms with van der Waals surface area (Å²) in [5.41, 5.74) is 2.88. The quantitative estimate of drug-likeness (QED) is 0.231. The van der Waals surface area contributed by atoms with E-state index in [0.29, 0.717) is 11.8 Å². The third kappa shape index (κ3) is 7.03. The van der Waals surface area contributed by atoms with Gasteiger partial charge >= 0.3 is 0 Å². The molecular formula is C27H38N2. The van der Waals surface area contributed by atoms with E-state index in [1.54, 1.807) is 0 Å². The number of piperidine rings is 1. The van der Waals surface area contributed by atoms with Crippen LogP contribution in [-0.4, -0.2) is 30.9 Å². The van der Waals surface area contributed by atoms with Crippen molar-refractivity contribution in [1.29, 1.82) is 0 Å². The lowest BCUT2D eigenvalue weighted by molar-refractivity contribution is 0.245. The van der Waals surface area contributed by atoms with Crippen molar-refractivity contribution < 1.29 is 0 Å². The van der Waals surface area contributed by atoms with E-state index < -0.39 is 0 Å². The van der Waals surface area contributed by atoms with Gasteiger partial charge in [-0.05, 0) is 36.3 Å². The second kappa shape index (κ2) is 12.5. The lowest BCUT2D eigenvalue weighted by atomic mass is 9.77. The second-order valence-corrected chi connectivity index (χ2v) is 8.49. The number of benzene rings is 2. The second-order valence-electron chi connectivity index (χ2n) is 8.49. The minimum atomic E-state index is 0.465. The Kier molecular flexibility index (Phi) is 9.29. The van der Waals surface area contributed by atoms with E-state index in [4.69, 9.17) is 4.99 Å². The van der Waals surface area contributed by atoms with E-state index in [0.717, 1.165) is 19.6 Å². The summed E-state index contributed by atoms with van der Waals surface area (Å²) in [6.45, 7) is 5.51. The van der Waals surface area contributed by atoms with Gasteiger partial charge in [0.2, 0.25) is 0 Å². The lowest BCUT2D eigenvalue weighted by Crippen LogP contribution is -2.37. The molecule has 29 heavy (non-hydrogen) atoms. The van der Waals surface area contributed by atoms with Gasteiger partial charge in [-0.1, -0.05) is 99.7 Å². The number of hydrogen-bond acceptors (Lipinski definition) is 1. The highest BCUT2D eigenvalue weighted by atomic mass is 15.2. The molecule has 1 unspecified atom stereocenters. The Morgan fingerprint density at radius 1 is 0.897 bits per heavy atom. The van der Waals surface area contributed by atoms with E-state index >= 15 is 0 Å². The highest BCUT2D eigenvalue weighted by Gasteiger charge is 2.28. The Morgan fingerprint density at radius 3 is 2.17 bits per heavy atom. The van der Waals surface area contributed by atoms with E-state index in [-0.39, 0.29) is 0 Å². The zero-order valence-corrected chi connectivity index (χ0v) is 18.2. The van der Waals surface area contributed by atoms with Crippen molar-refractivity contribution in [3.8, 4) is 0 Å². The van der Waals surface area contributed by atoms with Crippen molar-refractivity contribution in [2.24, 2.45) is 10.9 Å². The van der Waals surface area contributed by atoms with Gasteiger partial charge < -0.3 is 4.90 Å². The van der Waals surface area contributed by atoms with E-state index in [9.17, 15) is 0 Å². The molecule has 1 fully saturated rings. The summed E-state index contributed by atoms with van der Waals surface area (Å²) in [5, 5.41) is 0. The predicted octanol–water partition coefficient (Wildman–Crippen LogP) is 6.92. The fourth-order valence-electron chi connectivity index (χ4n) is 4.63. The number of hydrogen-bond donors (Lipinski definition) is 0. The molecule has 1 aliphatic heterocycles. The summed E-state index contributed by atoms with van der Waals surface area (Å²) in [6.07, 6.45) is 12.7. The maximum atomic E-state index is 4.75. The van der Waals surface area contributed by atoms with Gasteiger partial charge in [0, 0.05) is 25.6 Å². The van der Waals surface area contributed by atoms with Crippen molar-refractivity contribution >= 4 is 6.34 Å². The molecule has 0 spiro atoms. The topological polar surface area (TPSA) is 15.6 Å². The van der Waals surface area contributed by atoms with Crippen molar-refractivity contribution in [1.82, 2.24) is 4.90 Å². The Labute approximate surface area is 178 Å². The molecule has 1 heterocycles. The molecule has 156 valence electrons. The van der Waals surface area contributed by atoms with E-state index in [1.807, 2.05) is 0 Å². The van der Waals surface area contributed by atoms with Crippen LogP contribution < -0.4 is 0 Å². The van der Waals surface area contributed by atoms with Gasteiger partial charge in [0.15, 0.2) is 0 Å². The van der Waals surface area contributed by atoms with Crippen LogP contribution in [0.3, 0.4) is 0 Å². The first-order chi connectivity index (χ1) is 14.4. The Hall–Kier alpha value is -2.09. The summed E-state index contributed by atoms with van der Waals surface area (Å²) in [7, 11) is 0. The first-order valence-electron chi connectivity index (χ1n) is 11.7. The van der Waals surface area contributed by atoms with E-state index in [2.05, 4.69) is 78.8 Å². The Balaban J connectivity index is 1.57. The maximum absolute atomic E-state index is 4.75. The third-order valence-electron chi connectivity index (χ3n) is 6.16. The smallest absolute Gasteiger partial charge is 0.0849 e. The molecule has 0 N–H and O–H groups in total. The molecule has 0 aromatic heterocycles. The zero-order valence-electron chi connectivity index (χ0n) is 18.2. The largest absolute Gasteiger partial charge is 0.363 e. The number of unbranched alkanes of at least 4 members (excludes halogenated alkanes) is 5. The zero-order chi connectivity index (χ0) is 20.2. The van der Waals surface area contributed by atoms with Crippen molar-refractivity contribution in [3.63, 3.8) is 0 Å². The maximum Gasteiger partial charge on any atom is 0.0849 e. The minimum Gasteiger partial charge on any atom is -0.363 e. The molecule has 1 saturated heterocycles. The average Bonchev–Trinajstić information content (AvgIpc) is 2.78. The summed E-state index contributed by atoms with van der Waals surface area (Å²) in [6, 6.07) is 22.1. The molecule has 3 rings (SSSR count). The Morgan fingerprint density at radius 2 is 1.52 bits per heavy atom. The summed E-state index contributed by atoms with van der Waals surface area (Å²) in [5.74, 6) is 1.10. The molecule has 0 bridgehead atoms. The molecule has 0 radical (unpaired) electrons. The average molecular weight is 391 g/mol. The van der Waals surface area contributed by atoms with Gasteiger partial charge in [-0.2, -0.15) is 0 Å². The van der Waals surface area contributed by atoms with Crippen LogP contribution in [0.5, 0.6) is 0 Å². The first-order valence-corrected chi connectivity index (χ1v) is 11.7. The van der Waals surface area contributed by atoms with Gasteiger partial charge in [-0.25, -0.2) is 0 Å². The molecule has 0 amide bonds. The monoisotopic (exact) mass is 390 g/mol. The molecule has 2 nitrogen and oxygen atoms in total. The molecule has 2 aromatic carbocycles. The molecule has 0 aliphatic carbocycles. The molecule has 0 saturated carbocycles. The number of rotatable bonds is 11. The van der Waals surface area contributed by atoms with Crippen LogP contribution >= 0.6 is 0 Å². The highest BCUT2D eigenvalue weighted by Crippen LogP contribution is 2.36. The molecule has 1 aliphatic rings. The van der Waals surface area contributed by atoms with Crippen LogP contribution in [0, 0.1) is 5.92 Å². The van der Waals surface area contributed by atoms with Crippen LogP contribution in [0.15, 0.2) is 65.7 Å². The number of likely N-dealkylation sites (tertiary alicyclic amines) is 1. The number of aliphatic imine (C=N–C) groups is 1. The molecule has 2 heteroatoms. The van der Waals surface area contributed by atoms with Crippen LogP contribution in [0.4, 0.5) is 0 Å². The lowest BCUT2D eigenvalue weighted by Gasteiger charge is -2.36. The SMILES string of the molecule is CCCCCCCC/N=C/N1CCCC(C(c2ccccc2)c2ccccc2)C1. The van der Waals surface area contributed by atoms with Crippen molar-refractivity contribution in [2.75, 3.05) is 19.6 Å². The fourth-order valence-corrected chi connectivity index (χ4v) is 4.63. The van der Waals surface area contributed by atoms with Gasteiger partial charge in [-0.15, -0.1) is 0 Å². The van der Waals surface area contributed by atoms with Gasteiger partial charge in [0.05, 0.1) is 6.34 Å². The van der Waals surface area contributed by atoms with Gasteiger partial charge in [-0.3, -0.25) is 4.99 Å². The standard InChI is InChI=1S/C27H38N2/c1-2-3-4-5-6-13-20-28-23-29-21-14-19-26(22-29)27(24-15-9-7-10-16-24)25-17-11-8-12-18-25/h7-12,15-18,23,26-27H,2-6,13-14,19-22H2,1H3/b28-23+. The molecule has 2 aromatic rings. The van der Waals surface area contributed by atoms with E-state index in [1.165, 1.54) is 62.5 Å². The molecular weight excluding hydrogens is 352 g/mol. The highest BCUT2D eigenvalue weighted by molar-refractivity contribution is 5.55. The van der Waals surface area contributed by atoms with Crippen molar-refractivity contribution in [3.05, 3.63) is 71.8 Å².